The molecule has 15 heavy (non-hydrogen) atoms. The number of fused-ring (bicyclic) bond motifs is 1. The van der Waals surface area contributed by atoms with E-state index < -0.39 is 18.8 Å². The second kappa shape index (κ2) is 4.02. The molecular formula is C11H13NO3. The first kappa shape index (κ1) is 10.2. The molecule has 0 saturated carbocycles. The monoisotopic (exact) mass is 207 g/mol. The molecule has 0 saturated heterocycles. The van der Waals surface area contributed by atoms with E-state index in [0.717, 1.165) is 10.9 Å². The number of aromatic nitrogens is 1. The number of aromatic amines is 1. The first-order valence-electron chi connectivity index (χ1n) is 4.77. The van der Waals surface area contributed by atoms with Gasteiger partial charge in [-0.1, -0.05) is 12.1 Å². The predicted octanol–water partition coefficient (Wildman–Crippen LogP) is 0.555. The second-order valence-corrected chi connectivity index (χ2v) is 3.48. The Labute approximate surface area is 86.8 Å². The molecule has 0 fully saturated rings. The summed E-state index contributed by atoms with van der Waals surface area (Å²) in [6.45, 7) is -0.456. The van der Waals surface area contributed by atoms with E-state index in [2.05, 4.69) is 4.98 Å². The molecule has 1 aromatic heterocycles. The van der Waals surface area contributed by atoms with Gasteiger partial charge in [-0.3, -0.25) is 0 Å². The van der Waals surface area contributed by atoms with Crippen LogP contribution in [0, 0.1) is 0 Å². The normalized spacial score (nSPS) is 15.4. The maximum Gasteiger partial charge on any atom is 0.108 e. The van der Waals surface area contributed by atoms with Gasteiger partial charge < -0.3 is 20.3 Å². The molecule has 2 atom stereocenters. The zero-order valence-electron chi connectivity index (χ0n) is 8.09. The first-order valence-corrected chi connectivity index (χ1v) is 4.77. The molecule has 4 heteroatoms. The third kappa shape index (κ3) is 1.74. The van der Waals surface area contributed by atoms with E-state index in [4.69, 9.17) is 5.11 Å². The van der Waals surface area contributed by atoms with Crippen LogP contribution < -0.4 is 0 Å². The third-order valence-electron chi connectivity index (χ3n) is 2.50. The van der Waals surface area contributed by atoms with E-state index in [1.54, 1.807) is 18.3 Å². The van der Waals surface area contributed by atoms with Crippen LogP contribution in [0.15, 0.2) is 30.5 Å². The lowest BCUT2D eigenvalue weighted by Gasteiger charge is -2.16. The molecule has 0 radical (unpaired) electrons. The van der Waals surface area contributed by atoms with Crippen molar-refractivity contribution in [1.29, 1.82) is 0 Å². The highest BCUT2D eigenvalue weighted by molar-refractivity contribution is 5.83. The van der Waals surface area contributed by atoms with E-state index in [1.165, 1.54) is 0 Å². The van der Waals surface area contributed by atoms with Crippen LogP contribution in [0.25, 0.3) is 10.9 Å². The highest BCUT2D eigenvalue weighted by atomic mass is 16.4. The summed E-state index contributed by atoms with van der Waals surface area (Å²) in [5.74, 6) is 0. The van der Waals surface area contributed by atoms with Gasteiger partial charge in [0.25, 0.3) is 0 Å². The number of benzene rings is 1. The van der Waals surface area contributed by atoms with E-state index in [9.17, 15) is 10.2 Å². The zero-order chi connectivity index (χ0) is 10.8. The van der Waals surface area contributed by atoms with Crippen LogP contribution in [0.5, 0.6) is 0 Å². The van der Waals surface area contributed by atoms with Gasteiger partial charge >= 0.3 is 0 Å². The van der Waals surface area contributed by atoms with Crippen LogP contribution in [0.3, 0.4) is 0 Å². The van der Waals surface area contributed by atoms with Crippen molar-refractivity contribution in [3.8, 4) is 0 Å². The summed E-state index contributed by atoms with van der Waals surface area (Å²) in [6, 6.07) is 7.25. The number of aliphatic hydroxyl groups is 3. The van der Waals surface area contributed by atoms with Gasteiger partial charge in [-0.05, 0) is 17.7 Å². The molecule has 0 bridgehead atoms. The number of nitrogens with one attached hydrogen (secondary N) is 1. The lowest BCUT2D eigenvalue weighted by molar-refractivity contribution is -0.0145. The van der Waals surface area contributed by atoms with Crippen LogP contribution >= 0.6 is 0 Å². The van der Waals surface area contributed by atoms with Crippen molar-refractivity contribution in [3.05, 3.63) is 36.0 Å². The Balaban J connectivity index is 2.46. The summed E-state index contributed by atoms with van der Waals surface area (Å²) in [5, 5.41) is 28.8. The van der Waals surface area contributed by atoms with Crippen LogP contribution in [0.2, 0.25) is 0 Å². The van der Waals surface area contributed by atoms with Crippen molar-refractivity contribution in [2.75, 3.05) is 6.61 Å². The number of rotatable bonds is 3. The van der Waals surface area contributed by atoms with Crippen LogP contribution in [0.4, 0.5) is 0 Å². The molecule has 0 spiro atoms. The fraction of sp³-hybridized carbons (Fsp3) is 0.273. The number of hydrogen-bond donors (Lipinski definition) is 4. The molecule has 1 heterocycles. The fourth-order valence-corrected chi connectivity index (χ4v) is 1.67. The Morgan fingerprint density at radius 2 is 2.00 bits per heavy atom. The van der Waals surface area contributed by atoms with Gasteiger partial charge in [0.05, 0.1) is 6.61 Å². The van der Waals surface area contributed by atoms with Gasteiger partial charge in [-0.15, -0.1) is 0 Å². The van der Waals surface area contributed by atoms with Gasteiger partial charge in [0.1, 0.15) is 12.2 Å². The minimum Gasteiger partial charge on any atom is -0.394 e. The zero-order valence-corrected chi connectivity index (χ0v) is 8.09. The standard InChI is InChI=1S/C11H13NO3/c13-6-10(14)11(15)8-2-1-3-9-7(8)4-5-12-9/h1-5,10-15H,6H2. The molecule has 0 aliphatic rings. The topological polar surface area (TPSA) is 76.5 Å². The Morgan fingerprint density at radius 1 is 1.20 bits per heavy atom. The van der Waals surface area contributed by atoms with Crippen molar-refractivity contribution >= 4 is 10.9 Å². The summed E-state index contributed by atoms with van der Waals surface area (Å²) in [4.78, 5) is 3.02. The van der Waals surface area contributed by atoms with Crippen molar-refractivity contribution < 1.29 is 15.3 Å². The maximum absolute atomic E-state index is 9.78. The molecule has 0 amide bonds. The van der Waals surface area contributed by atoms with Gasteiger partial charge in [0, 0.05) is 17.1 Å². The maximum atomic E-state index is 9.78. The third-order valence-corrected chi connectivity index (χ3v) is 2.50. The summed E-state index contributed by atoms with van der Waals surface area (Å²) < 4.78 is 0. The van der Waals surface area contributed by atoms with Crippen molar-refractivity contribution in [2.24, 2.45) is 0 Å². The number of hydrogen-bond acceptors (Lipinski definition) is 3. The molecule has 2 aromatic rings. The van der Waals surface area contributed by atoms with E-state index in [-0.39, 0.29) is 0 Å². The highest BCUT2D eigenvalue weighted by Crippen LogP contribution is 2.25. The smallest absolute Gasteiger partial charge is 0.108 e. The average molecular weight is 207 g/mol. The SMILES string of the molecule is OCC(O)C(O)c1cccc2[nH]ccc12. The summed E-state index contributed by atoms with van der Waals surface area (Å²) in [5.41, 5.74) is 1.52. The molecule has 4 N–H and O–H groups in total. The van der Waals surface area contributed by atoms with Crippen molar-refractivity contribution in [2.45, 2.75) is 12.2 Å². The lowest BCUT2D eigenvalue weighted by atomic mass is 10.0. The number of H-pyrrole nitrogens is 1. The van der Waals surface area contributed by atoms with Gasteiger partial charge in [-0.2, -0.15) is 0 Å². The largest absolute Gasteiger partial charge is 0.394 e. The van der Waals surface area contributed by atoms with Crippen LogP contribution in [0.1, 0.15) is 11.7 Å². The summed E-state index contributed by atoms with van der Waals surface area (Å²) in [7, 11) is 0. The number of aliphatic hydroxyl groups excluding tert-OH is 3. The Kier molecular flexibility index (Phi) is 2.73. The molecule has 4 nitrogen and oxygen atoms in total. The minimum absolute atomic E-state index is 0.456. The first-order chi connectivity index (χ1) is 7.24. The Bertz CT molecular complexity index is 452. The van der Waals surface area contributed by atoms with Crippen LogP contribution in [-0.2, 0) is 0 Å². The molecule has 0 aliphatic carbocycles. The quantitative estimate of drug-likeness (QED) is 0.593. The molecule has 0 aliphatic heterocycles. The molecule has 1 aromatic carbocycles. The molecule has 2 rings (SSSR count). The average Bonchev–Trinajstić information content (AvgIpc) is 2.74. The predicted molar refractivity (Wildman–Crippen MR) is 56.4 cm³/mol. The second-order valence-electron chi connectivity index (χ2n) is 3.48. The van der Waals surface area contributed by atoms with Crippen molar-refractivity contribution in [3.63, 3.8) is 0 Å². The van der Waals surface area contributed by atoms with E-state index >= 15 is 0 Å². The van der Waals surface area contributed by atoms with E-state index in [1.807, 2.05) is 12.1 Å². The van der Waals surface area contributed by atoms with Gasteiger partial charge in [0.15, 0.2) is 0 Å². The lowest BCUT2D eigenvalue weighted by Crippen LogP contribution is -2.22. The van der Waals surface area contributed by atoms with Crippen molar-refractivity contribution in [1.82, 2.24) is 4.98 Å². The molecule has 80 valence electrons. The molecule has 2 unspecified atom stereocenters. The molecular weight excluding hydrogens is 194 g/mol. The van der Waals surface area contributed by atoms with Gasteiger partial charge in [0.2, 0.25) is 0 Å². The fourth-order valence-electron chi connectivity index (χ4n) is 1.67. The highest BCUT2D eigenvalue weighted by Gasteiger charge is 2.19. The minimum atomic E-state index is -1.15. The van der Waals surface area contributed by atoms with E-state index in [0.29, 0.717) is 5.56 Å². The summed E-state index contributed by atoms with van der Waals surface area (Å²) in [6.07, 6.45) is -0.438. The van der Waals surface area contributed by atoms with Crippen LogP contribution in [-0.4, -0.2) is 33.0 Å². The van der Waals surface area contributed by atoms with Gasteiger partial charge in [-0.25, -0.2) is 0 Å². The Morgan fingerprint density at radius 3 is 2.73 bits per heavy atom. The Hall–Kier alpha value is -1.36. The summed E-state index contributed by atoms with van der Waals surface area (Å²) >= 11 is 0.